The zero-order valence-corrected chi connectivity index (χ0v) is 12.5. The summed E-state index contributed by atoms with van der Waals surface area (Å²) in [7, 11) is 0. The molecule has 0 spiro atoms. The van der Waals surface area contributed by atoms with Gasteiger partial charge in [0.1, 0.15) is 0 Å². The van der Waals surface area contributed by atoms with E-state index in [4.69, 9.17) is 0 Å². The van der Waals surface area contributed by atoms with Crippen molar-refractivity contribution in [2.45, 2.75) is 26.3 Å². The van der Waals surface area contributed by atoms with Crippen molar-refractivity contribution in [2.75, 3.05) is 18.1 Å². The van der Waals surface area contributed by atoms with E-state index in [-0.39, 0.29) is 0 Å². The van der Waals surface area contributed by atoms with Gasteiger partial charge in [-0.25, -0.2) is 0 Å². The Morgan fingerprint density at radius 3 is 2.84 bits per heavy atom. The van der Waals surface area contributed by atoms with E-state index in [1.807, 2.05) is 24.0 Å². The van der Waals surface area contributed by atoms with Crippen molar-refractivity contribution in [3.8, 4) is 0 Å². The number of rotatable bonds is 7. The summed E-state index contributed by atoms with van der Waals surface area (Å²) < 4.78 is 0. The number of thioether (sulfide) groups is 1. The first-order valence-corrected chi connectivity index (χ1v) is 8.17. The number of pyridine rings is 1. The smallest absolute Gasteiger partial charge is 0.0750 e. The SMILES string of the molecule is CCCSCC(NCC)c1cccc2cccnc12. The zero-order valence-electron chi connectivity index (χ0n) is 11.7. The van der Waals surface area contributed by atoms with E-state index < -0.39 is 0 Å². The molecule has 0 saturated carbocycles. The summed E-state index contributed by atoms with van der Waals surface area (Å²) in [5, 5.41) is 4.81. The fourth-order valence-electron chi connectivity index (χ4n) is 2.26. The predicted molar refractivity (Wildman–Crippen MR) is 85.8 cm³/mol. The summed E-state index contributed by atoms with van der Waals surface area (Å²) in [4.78, 5) is 4.56. The molecular weight excluding hydrogens is 252 g/mol. The minimum atomic E-state index is 0.389. The first-order chi connectivity index (χ1) is 9.36. The molecule has 2 rings (SSSR count). The minimum absolute atomic E-state index is 0.389. The van der Waals surface area contributed by atoms with Crippen molar-refractivity contribution < 1.29 is 0 Å². The molecule has 0 fully saturated rings. The van der Waals surface area contributed by atoms with E-state index in [2.05, 4.69) is 48.4 Å². The molecule has 0 aliphatic heterocycles. The molecule has 2 nitrogen and oxygen atoms in total. The van der Waals surface area contributed by atoms with Gasteiger partial charge < -0.3 is 5.32 Å². The Labute approximate surface area is 120 Å². The maximum Gasteiger partial charge on any atom is 0.0750 e. The zero-order chi connectivity index (χ0) is 13.5. The fraction of sp³-hybridized carbons (Fsp3) is 0.438. The van der Waals surface area contributed by atoms with Gasteiger partial charge in [-0.15, -0.1) is 0 Å². The van der Waals surface area contributed by atoms with Crippen LogP contribution in [-0.2, 0) is 0 Å². The van der Waals surface area contributed by atoms with Crippen molar-refractivity contribution in [3.05, 3.63) is 42.1 Å². The lowest BCUT2D eigenvalue weighted by molar-refractivity contribution is 0.609. The molecule has 0 aliphatic rings. The van der Waals surface area contributed by atoms with Gasteiger partial charge in [-0.3, -0.25) is 4.98 Å². The molecule has 1 heterocycles. The number of para-hydroxylation sites is 1. The van der Waals surface area contributed by atoms with Crippen LogP contribution in [0.3, 0.4) is 0 Å². The topological polar surface area (TPSA) is 24.9 Å². The van der Waals surface area contributed by atoms with Crippen LogP contribution in [0.25, 0.3) is 10.9 Å². The van der Waals surface area contributed by atoms with Gasteiger partial charge in [0.05, 0.1) is 5.52 Å². The molecule has 102 valence electrons. The first kappa shape index (κ1) is 14.4. The van der Waals surface area contributed by atoms with E-state index in [1.54, 1.807) is 0 Å². The largest absolute Gasteiger partial charge is 0.309 e. The molecule has 1 aromatic carbocycles. The third-order valence-electron chi connectivity index (χ3n) is 3.12. The molecule has 1 atom stereocenters. The van der Waals surface area contributed by atoms with Gasteiger partial charge in [0.2, 0.25) is 0 Å². The molecule has 0 bridgehead atoms. The minimum Gasteiger partial charge on any atom is -0.309 e. The average Bonchev–Trinajstić information content (AvgIpc) is 2.46. The number of aromatic nitrogens is 1. The quantitative estimate of drug-likeness (QED) is 0.772. The second-order valence-corrected chi connectivity index (χ2v) is 5.76. The molecule has 3 heteroatoms. The van der Waals surface area contributed by atoms with E-state index in [0.717, 1.165) is 17.8 Å². The van der Waals surface area contributed by atoms with Crippen molar-refractivity contribution >= 4 is 22.7 Å². The summed E-state index contributed by atoms with van der Waals surface area (Å²) in [5.41, 5.74) is 2.46. The second-order valence-electron chi connectivity index (χ2n) is 4.61. The van der Waals surface area contributed by atoms with Crippen molar-refractivity contribution in [2.24, 2.45) is 0 Å². The molecule has 0 aliphatic carbocycles. The number of nitrogens with zero attached hydrogens (tertiary/aromatic N) is 1. The van der Waals surface area contributed by atoms with Gasteiger partial charge in [0, 0.05) is 23.4 Å². The highest BCUT2D eigenvalue weighted by Gasteiger charge is 2.13. The van der Waals surface area contributed by atoms with Crippen LogP contribution in [0, 0.1) is 0 Å². The summed E-state index contributed by atoms with van der Waals surface area (Å²) in [6, 6.07) is 11.0. The van der Waals surface area contributed by atoms with Gasteiger partial charge in [-0.1, -0.05) is 38.1 Å². The van der Waals surface area contributed by atoms with Crippen molar-refractivity contribution in [3.63, 3.8) is 0 Å². The molecule has 0 amide bonds. The van der Waals surface area contributed by atoms with Crippen LogP contribution < -0.4 is 5.32 Å². The lowest BCUT2D eigenvalue weighted by Crippen LogP contribution is -2.23. The molecule has 2 aromatic rings. The van der Waals surface area contributed by atoms with Crippen LogP contribution >= 0.6 is 11.8 Å². The summed E-state index contributed by atoms with van der Waals surface area (Å²) >= 11 is 2.01. The van der Waals surface area contributed by atoms with Crippen LogP contribution in [0.1, 0.15) is 31.9 Å². The molecule has 19 heavy (non-hydrogen) atoms. The van der Waals surface area contributed by atoms with Crippen LogP contribution in [0.15, 0.2) is 36.5 Å². The first-order valence-electron chi connectivity index (χ1n) is 7.01. The Hall–Kier alpha value is -1.06. The van der Waals surface area contributed by atoms with E-state index in [9.17, 15) is 0 Å². The summed E-state index contributed by atoms with van der Waals surface area (Å²) in [6.07, 6.45) is 3.12. The lowest BCUT2D eigenvalue weighted by Gasteiger charge is -2.19. The van der Waals surface area contributed by atoms with Crippen molar-refractivity contribution in [1.29, 1.82) is 0 Å². The van der Waals surface area contributed by atoms with Gasteiger partial charge in [-0.2, -0.15) is 11.8 Å². The average molecular weight is 274 g/mol. The number of hydrogen-bond donors (Lipinski definition) is 1. The Morgan fingerprint density at radius 2 is 2.05 bits per heavy atom. The third kappa shape index (κ3) is 3.71. The Balaban J connectivity index is 2.27. The predicted octanol–water partition coefficient (Wildman–Crippen LogP) is 4.03. The van der Waals surface area contributed by atoms with E-state index >= 15 is 0 Å². The summed E-state index contributed by atoms with van der Waals surface area (Å²) in [5.74, 6) is 2.33. The Kier molecular flexibility index (Phi) is 5.67. The molecule has 0 saturated heterocycles. The van der Waals surface area contributed by atoms with Crippen LogP contribution in [-0.4, -0.2) is 23.0 Å². The molecule has 0 radical (unpaired) electrons. The molecule has 1 unspecified atom stereocenters. The number of benzene rings is 1. The maximum atomic E-state index is 4.56. The number of nitrogens with one attached hydrogen (secondary N) is 1. The highest BCUT2D eigenvalue weighted by atomic mass is 32.2. The highest BCUT2D eigenvalue weighted by molar-refractivity contribution is 7.99. The van der Waals surface area contributed by atoms with Crippen LogP contribution in [0.2, 0.25) is 0 Å². The van der Waals surface area contributed by atoms with E-state index in [1.165, 1.54) is 23.1 Å². The fourth-order valence-corrected chi connectivity index (χ4v) is 3.25. The standard InChI is InChI=1S/C16H22N2S/c1-3-11-19-12-15(17-4-2)14-9-5-7-13-8-6-10-18-16(13)14/h5-10,15,17H,3-4,11-12H2,1-2H3. The Bertz CT molecular complexity index is 508. The maximum absolute atomic E-state index is 4.56. The molecule has 1 N–H and O–H groups in total. The number of hydrogen-bond acceptors (Lipinski definition) is 3. The van der Waals surface area contributed by atoms with Crippen LogP contribution in [0.5, 0.6) is 0 Å². The third-order valence-corrected chi connectivity index (χ3v) is 4.39. The van der Waals surface area contributed by atoms with Crippen molar-refractivity contribution in [1.82, 2.24) is 10.3 Å². The molecular formula is C16H22N2S. The highest BCUT2D eigenvalue weighted by Crippen LogP contribution is 2.25. The second kappa shape index (κ2) is 7.51. The van der Waals surface area contributed by atoms with Gasteiger partial charge in [-0.05, 0) is 30.3 Å². The van der Waals surface area contributed by atoms with Gasteiger partial charge >= 0.3 is 0 Å². The summed E-state index contributed by atoms with van der Waals surface area (Å²) in [6.45, 7) is 5.38. The van der Waals surface area contributed by atoms with Gasteiger partial charge in [0.25, 0.3) is 0 Å². The lowest BCUT2D eigenvalue weighted by atomic mass is 10.0. The monoisotopic (exact) mass is 274 g/mol. The van der Waals surface area contributed by atoms with Crippen LogP contribution in [0.4, 0.5) is 0 Å². The van der Waals surface area contributed by atoms with E-state index in [0.29, 0.717) is 6.04 Å². The number of fused-ring (bicyclic) bond motifs is 1. The molecule has 1 aromatic heterocycles. The Morgan fingerprint density at radius 1 is 1.21 bits per heavy atom. The normalized spacial score (nSPS) is 12.7. The van der Waals surface area contributed by atoms with Gasteiger partial charge in [0.15, 0.2) is 0 Å².